The molecule has 2 aromatic rings. The molecule has 0 atom stereocenters. The molecule has 22 heavy (non-hydrogen) atoms. The van der Waals surface area contributed by atoms with E-state index in [1.54, 1.807) is 0 Å². The standard InChI is InChI=1S/C21H24O/c22-20-14-8-3-9-15-21(20,16-18-10-4-1-5-11-18)17-19-12-6-2-7-13-19/h1-2,4-7,10-13H,3,8-9,14-17H2. The predicted octanol–water partition coefficient (Wildman–Crippen LogP) is 4.99. The van der Waals surface area contributed by atoms with Gasteiger partial charge in [0.05, 0.1) is 0 Å². The van der Waals surface area contributed by atoms with Crippen molar-refractivity contribution in [1.82, 2.24) is 0 Å². The second-order valence-electron chi connectivity index (χ2n) is 6.59. The number of hydrogen-bond donors (Lipinski definition) is 0. The van der Waals surface area contributed by atoms with Crippen molar-refractivity contribution < 1.29 is 4.79 Å². The van der Waals surface area contributed by atoms with Gasteiger partial charge in [-0.1, -0.05) is 73.5 Å². The van der Waals surface area contributed by atoms with E-state index in [0.717, 1.165) is 32.1 Å². The topological polar surface area (TPSA) is 17.1 Å². The van der Waals surface area contributed by atoms with Gasteiger partial charge in [0.1, 0.15) is 5.78 Å². The van der Waals surface area contributed by atoms with E-state index in [1.165, 1.54) is 24.0 Å². The first-order chi connectivity index (χ1) is 10.8. The van der Waals surface area contributed by atoms with Crippen LogP contribution in [0.2, 0.25) is 0 Å². The molecule has 0 unspecified atom stereocenters. The molecule has 1 nitrogen and oxygen atoms in total. The first-order valence-electron chi connectivity index (χ1n) is 8.40. The Morgan fingerprint density at radius 3 is 1.82 bits per heavy atom. The molecule has 2 aromatic carbocycles. The molecule has 0 aliphatic heterocycles. The maximum absolute atomic E-state index is 12.9. The Morgan fingerprint density at radius 1 is 0.727 bits per heavy atom. The third-order valence-corrected chi connectivity index (χ3v) is 4.92. The van der Waals surface area contributed by atoms with Gasteiger partial charge < -0.3 is 0 Å². The minimum Gasteiger partial charge on any atom is -0.299 e. The summed E-state index contributed by atoms with van der Waals surface area (Å²) in [7, 11) is 0. The normalized spacial score (nSPS) is 17.9. The Kier molecular flexibility index (Phi) is 4.72. The zero-order chi connectivity index (χ0) is 15.3. The van der Waals surface area contributed by atoms with E-state index in [4.69, 9.17) is 0 Å². The summed E-state index contributed by atoms with van der Waals surface area (Å²) in [6.07, 6.45) is 6.95. The van der Waals surface area contributed by atoms with Gasteiger partial charge in [0.2, 0.25) is 0 Å². The van der Waals surface area contributed by atoms with Crippen LogP contribution in [0.4, 0.5) is 0 Å². The highest BCUT2D eigenvalue weighted by molar-refractivity contribution is 5.85. The Balaban J connectivity index is 1.91. The number of carbonyl (C=O) groups excluding carboxylic acids is 1. The van der Waals surface area contributed by atoms with E-state index >= 15 is 0 Å². The monoisotopic (exact) mass is 292 g/mol. The van der Waals surface area contributed by atoms with Gasteiger partial charge in [0.15, 0.2) is 0 Å². The Morgan fingerprint density at radius 2 is 1.27 bits per heavy atom. The minimum absolute atomic E-state index is 0.209. The number of Topliss-reactive ketones (excluding diaryl/α,β-unsaturated/α-hetero) is 1. The summed E-state index contributed by atoms with van der Waals surface area (Å²) in [4.78, 5) is 12.9. The van der Waals surface area contributed by atoms with E-state index in [9.17, 15) is 4.79 Å². The first kappa shape index (κ1) is 15.0. The highest BCUT2D eigenvalue weighted by atomic mass is 16.1. The third-order valence-electron chi connectivity index (χ3n) is 4.92. The lowest BCUT2D eigenvalue weighted by Gasteiger charge is -2.32. The fourth-order valence-corrected chi connectivity index (χ4v) is 3.74. The highest BCUT2D eigenvalue weighted by Gasteiger charge is 2.38. The van der Waals surface area contributed by atoms with Crippen LogP contribution in [-0.2, 0) is 17.6 Å². The van der Waals surface area contributed by atoms with Gasteiger partial charge in [0.25, 0.3) is 0 Å². The van der Waals surface area contributed by atoms with Gasteiger partial charge >= 0.3 is 0 Å². The molecular weight excluding hydrogens is 268 g/mol. The fraction of sp³-hybridized carbons (Fsp3) is 0.381. The number of carbonyl (C=O) groups is 1. The van der Waals surface area contributed by atoms with Gasteiger partial charge in [-0.25, -0.2) is 0 Å². The van der Waals surface area contributed by atoms with Gasteiger partial charge in [-0.15, -0.1) is 0 Å². The average molecular weight is 292 g/mol. The predicted molar refractivity (Wildman–Crippen MR) is 90.8 cm³/mol. The summed E-state index contributed by atoms with van der Waals surface area (Å²) in [5.41, 5.74) is 2.36. The quantitative estimate of drug-likeness (QED) is 0.725. The van der Waals surface area contributed by atoms with Crippen molar-refractivity contribution in [1.29, 1.82) is 0 Å². The van der Waals surface area contributed by atoms with Gasteiger partial charge in [-0.2, -0.15) is 0 Å². The van der Waals surface area contributed by atoms with Gasteiger partial charge in [0, 0.05) is 11.8 Å². The maximum Gasteiger partial charge on any atom is 0.139 e. The summed E-state index contributed by atoms with van der Waals surface area (Å²) < 4.78 is 0. The summed E-state index contributed by atoms with van der Waals surface area (Å²) in [5.74, 6) is 0.470. The minimum atomic E-state index is -0.209. The number of benzene rings is 2. The second-order valence-corrected chi connectivity index (χ2v) is 6.59. The molecule has 0 aromatic heterocycles. The van der Waals surface area contributed by atoms with Crippen LogP contribution in [0.1, 0.15) is 43.2 Å². The molecule has 1 fully saturated rings. The molecule has 0 amide bonds. The lowest BCUT2D eigenvalue weighted by molar-refractivity contribution is -0.128. The van der Waals surface area contributed by atoms with Crippen LogP contribution < -0.4 is 0 Å². The Labute approximate surface area is 133 Å². The molecule has 0 heterocycles. The van der Waals surface area contributed by atoms with Crippen LogP contribution in [0.25, 0.3) is 0 Å². The van der Waals surface area contributed by atoms with Crippen LogP contribution in [0.3, 0.4) is 0 Å². The Bertz CT molecular complexity index is 559. The van der Waals surface area contributed by atoms with Crippen LogP contribution in [0.15, 0.2) is 60.7 Å². The molecule has 1 aliphatic carbocycles. The molecule has 1 aliphatic rings. The van der Waals surface area contributed by atoms with E-state index in [0.29, 0.717) is 5.78 Å². The fourth-order valence-electron chi connectivity index (χ4n) is 3.74. The zero-order valence-electron chi connectivity index (χ0n) is 13.1. The van der Waals surface area contributed by atoms with Crippen molar-refractivity contribution in [3.05, 3.63) is 71.8 Å². The average Bonchev–Trinajstić information content (AvgIpc) is 2.72. The lowest BCUT2D eigenvalue weighted by Crippen LogP contribution is -2.35. The van der Waals surface area contributed by atoms with Crippen LogP contribution in [0, 0.1) is 5.41 Å². The van der Waals surface area contributed by atoms with E-state index in [2.05, 4.69) is 48.5 Å². The summed E-state index contributed by atoms with van der Waals surface area (Å²) in [6.45, 7) is 0. The summed E-state index contributed by atoms with van der Waals surface area (Å²) >= 11 is 0. The molecule has 114 valence electrons. The van der Waals surface area contributed by atoms with E-state index < -0.39 is 0 Å². The van der Waals surface area contributed by atoms with Crippen molar-refractivity contribution in [2.24, 2.45) is 5.41 Å². The van der Waals surface area contributed by atoms with E-state index in [-0.39, 0.29) is 5.41 Å². The molecule has 0 bridgehead atoms. The van der Waals surface area contributed by atoms with Gasteiger partial charge in [-0.3, -0.25) is 4.79 Å². The molecule has 0 saturated heterocycles. The van der Waals surface area contributed by atoms with Crippen molar-refractivity contribution in [2.75, 3.05) is 0 Å². The molecule has 1 saturated carbocycles. The zero-order valence-corrected chi connectivity index (χ0v) is 13.1. The number of ketones is 1. The molecule has 0 N–H and O–H groups in total. The summed E-state index contributed by atoms with van der Waals surface area (Å²) in [5, 5.41) is 0. The summed E-state index contributed by atoms with van der Waals surface area (Å²) in [6, 6.07) is 21.0. The van der Waals surface area contributed by atoms with Crippen LogP contribution in [0.5, 0.6) is 0 Å². The molecule has 3 rings (SSSR count). The maximum atomic E-state index is 12.9. The number of hydrogen-bond acceptors (Lipinski definition) is 1. The molecular formula is C21H24O. The van der Waals surface area contributed by atoms with Crippen molar-refractivity contribution >= 4 is 5.78 Å². The first-order valence-corrected chi connectivity index (χ1v) is 8.40. The Hall–Kier alpha value is -1.89. The van der Waals surface area contributed by atoms with Crippen molar-refractivity contribution in [3.8, 4) is 0 Å². The van der Waals surface area contributed by atoms with Crippen molar-refractivity contribution in [2.45, 2.75) is 44.9 Å². The SMILES string of the molecule is O=C1CCCCCC1(Cc1ccccc1)Cc1ccccc1. The smallest absolute Gasteiger partial charge is 0.139 e. The van der Waals surface area contributed by atoms with E-state index in [1.807, 2.05) is 12.1 Å². The molecule has 0 spiro atoms. The van der Waals surface area contributed by atoms with Crippen LogP contribution in [-0.4, -0.2) is 5.78 Å². The lowest BCUT2D eigenvalue weighted by atomic mass is 9.70. The van der Waals surface area contributed by atoms with Gasteiger partial charge in [-0.05, 0) is 36.8 Å². The largest absolute Gasteiger partial charge is 0.299 e. The van der Waals surface area contributed by atoms with Crippen LogP contribution >= 0.6 is 0 Å². The number of rotatable bonds is 4. The second kappa shape index (κ2) is 6.91. The highest BCUT2D eigenvalue weighted by Crippen LogP contribution is 2.38. The third kappa shape index (κ3) is 3.47. The molecule has 1 heteroatoms. The molecule has 0 radical (unpaired) electrons. The van der Waals surface area contributed by atoms with Crippen molar-refractivity contribution in [3.63, 3.8) is 0 Å².